The summed E-state index contributed by atoms with van der Waals surface area (Å²) in [6, 6.07) is 37.5. The van der Waals surface area contributed by atoms with Gasteiger partial charge in [-0.2, -0.15) is 5.10 Å². The number of benzene rings is 4. The lowest BCUT2D eigenvalue weighted by atomic mass is 10.1. The van der Waals surface area contributed by atoms with E-state index in [0.717, 1.165) is 46.3 Å². The summed E-state index contributed by atoms with van der Waals surface area (Å²) in [6.45, 7) is 0.976. The monoisotopic (exact) mass is 726 g/mol. The lowest BCUT2D eigenvalue weighted by Gasteiger charge is -2.18. The Balaban J connectivity index is 1.15. The van der Waals surface area contributed by atoms with Gasteiger partial charge in [0.05, 0.1) is 6.21 Å². The number of nitrogens with one attached hydrogen (secondary N) is 2. The van der Waals surface area contributed by atoms with Crippen LogP contribution in [0.4, 0.5) is 5.82 Å². The minimum Gasteiger partial charge on any atom is -0.489 e. The van der Waals surface area contributed by atoms with Crippen molar-refractivity contribution in [3.63, 3.8) is 0 Å². The van der Waals surface area contributed by atoms with Crippen LogP contribution in [-0.2, 0) is 39.2 Å². The topological polar surface area (TPSA) is 135 Å². The van der Waals surface area contributed by atoms with E-state index >= 15 is 0 Å². The van der Waals surface area contributed by atoms with Gasteiger partial charge in [-0.3, -0.25) is 15.0 Å². The molecule has 0 aliphatic heterocycles. The number of sulfonamides is 1. The minimum atomic E-state index is -4.23. The number of fused-ring (bicyclic) bond motifs is 1. The van der Waals surface area contributed by atoms with Gasteiger partial charge in [0, 0.05) is 48.5 Å². The molecular formula is C41H38N6O5S. The Hall–Kier alpha value is -6.53. The molecule has 2 amide bonds. The molecule has 268 valence electrons. The maximum atomic E-state index is 13.3. The first kappa shape index (κ1) is 36.3. The molecule has 0 spiro atoms. The Labute approximate surface area is 308 Å². The molecule has 12 heteroatoms. The third kappa shape index (κ3) is 10.0. The SMILES string of the molecule is CN(CCc1ccccc1)C(=O)Cn1cc(/C=C/C(=O)NS(=O)(=O)c2ccc(N/N=C/c3ccccc3)nc2)c2cc(OCc3ccccc3)ccc21. The van der Waals surface area contributed by atoms with Gasteiger partial charge in [-0.15, -0.1) is 0 Å². The summed E-state index contributed by atoms with van der Waals surface area (Å²) in [4.78, 5) is 31.9. The molecule has 0 aliphatic carbocycles. The lowest BCUT2D eigenvalue weighted by molar-refractivity contribution is -0.130. The summed E-state index contributed by atoms with van der Waals surface area (Å²) in [6.07, 6.45) is 7.90. The zero-order valence-corrected chi connectivity index (χ0v) is 29.8. The van der Waals surface area contributed by atoms with Crippen LogP contribution >= 0.6 is 0 Å². The van der Waals surface area contributed by atoms with E-state index in [4.69, 9.17) is 4.74 Å². The van der Waals surface area contributed by atoms with E-state index in [1.807, 2.05) is 114 Å². The predicted octanol–water partition coefficient (Wildman–Crippen LogP) is 6.28. The van der Waals surface area contributed by atoms with Crippen LogP contribution in [0.15, 0.2) is 150 Å². The van der Waals surface area contributed by atoms with Crippen LogP contribution in [-0.4, -0.2) is 54.5 Å². The number of hydrogen-bond acceptors (Lipinski definition) is 8. The molecule has 4 aromatic carbocycles. The number of anilines is 1. The van der Waals surface area contributed by atoms with Crippen LogP contribution < -0.4 is 14.9 Å². The summed E-state index contributed by atoms with van der Waals surface area (Å²) in [7, 11) is -2.45. The van der Waals surface area contributed by atoms with Crippen molar-refractivity contribution in [2.24, 2.45) is 5.10 Å². The molecule has 6 rings (SSSR count). The molecule has 2 heterocycles. The number of ether oxygens (including phenoxy) is 1. The number of aromatic nitrogens is 2. The normalized spacial score (nSPS) is 11.6. The number of hydrogen-bond donors (Lipinski definition) is 2. The number of nitrogens with zero attached hydrogens (tertiary/aromatic N) is 4. The molecular weight excluding hydrogens is 689 g/mol. The third-order valence-corrected chi connectivity index (χ3v) is 9.66. The smallest absolute Gasteiger partial charge is 0.265 e. The van der Waals surface area contributed by atoms with Crippen molar-refractivity contribution in [1.82, 2.24) is 19.2 Å². The van der Waals surface area contributed by atoms with Gasteiger partial charge in [0.25, 0.3) is 15.9 Å². The van der Waals surface area contributed by atoms with E-state index in [0.29, 0.717) is 30.3 Å². The number of pyridine rings is 1. The molecule has 0 saturated carbocycles. The molecule has 0 bridgehead atoms. The van der Waals surface area contributed by atoms with Crippen molar-refractivity contribution >= 4 is 50.8 Å². The number of rotatable bonds is 15. The quantitative estimate of drug-likeness (QED) is 0.0723. The summed E-state index contributed by atoms with van der Waals surface area (Å²) in [5.41, 5.74) is 7.13. The fourth-order valence-corrected chi connectivity index (χ4v) is 6.33. The van der Waals surface area contributed by atoms with Crippen LogP contribution in [0.3, 0.4) is 0 Å². The van der Waals surface area contributed by atoms with E-state index in [9.17, 15) is 18.0 Å². The average Bonchev–Trinajstić information content (AvgIpc) is 3.52. The average molecular weight is 727 g/mol. The van der Waals surface area contributed by atoms with E-state index in [1.165, 1.54) is 18.2 Å². The van der Waals surface area contributed by atoms with Gasteiger partial charge in [-0.1, -0.05) is 91.0 Å². The summed E-state index contributed by atoms with van der Waals surface area (Å²) in [5.74, 6) is -0.0109. The number of likely N-dealkylation sites (N-methyl/N-ethyl adjacent to an activating group) is 1. The second-order valence-corrected chi connectivity index (χ2v) is 13.9. The molecule has 0 aliphatic rings. The summed E-state index contributed by atoms with van der Waals surface area (Å²) >= 11 is 0. The van der Waals surface area contributed by atoms with Crippen LogP contribution in [0.25, 0.3) is 17.0 Å². The van der Waals surface area contributed by atoms with Gasteiger partial charge in [0.1, 0.15) is 29.6 Å². The number of hydrazone groups is 1. The fraction of sp³-hybridized carbons (Fsp3) is 0.122. The van der Waals surface area contributed by atoms with Crippen molar-refractivity contribution in [2.45, 2.75) is 24.5 Å². The van der Waals surface area contributed by atoms with Crippen LogP contribution in [0.2, 0.25) is 0 Å². The highest BCUT2D eigenvalue weighted by Gasteiger charge is 2.18. The van der Waals surface area contributed by atoms with Crippen molar-refractivity contribution in [2.75, 3.05) is 19.0 Å². The van der Waals surface area contributed by atoms with Crippen molar-refractivity contribution in [1.29, 1.82) is 0 Å². The molecule has 2 aromatic heterocycles. The first-order valence-corrected chi connectivity index (χ1v) is 18.3. The standard InChI is InChI=1S/C41H38N6O5S/c1-46(24-23-31-11-5-2-6-12-31)41(49)29-47-28-34(37-25-35(18-20-38(37)47)52-30-33-15-9-4-10-16-33)17-22-40(48)45-53(50,51)36-19-21-39(42-27-36)44-43-26-32-13-7-3-8-14-32/h2-22,25-28H,23-24,29-30H2,1H3,(H,42,44)(H,45,48)/b22-17+,43-26+. The van der Waals surface area contributed by atoms with Gasteiger partial charge >= 0.3 is 0 Å². The molecule has 0 radical (unpaired) electrons. The molecule has 0 fully saturated rings. The largest absolute Gasteiger partial charge is 0.489 e. The highest BCUT2D eigenvalue weighted by Crippen LogP contribution is 2.28. The van der Waals surface area contributed by atoms with Crippen molar-refractivity contribution in [3.05, 3.63) is 162 Å². The van der Waals surface area contributed by atoms with Gasteiger partial charge in [-0.05, 0) is 59.5 Å². The number of carbonyl (C=O) groups excluding carboxylic acids is 2. The Morgan fingerprint density at radius 1 is 0.887 bits per heavy atom. The van der Waals surface area contributed by atoms with Crippen molar-refractivity contribution < 1.29 is 22.7 Å². The first-order valence-electron chi connectivity index (χ1n) is 16.9. The lowest BCUT2D eigenvalue weighted by Crippen LogP contribution is -2.31. The molecule has 0 unspecified atom stereocenters. The first-order chi connectivity index (χ1) is 25.7. The highest BCUT2D eigenvalue weighted by atomic mass is 32.2. The Morgan fingerprint density at radius 2 is 1.58 bits per heavy atom. The van der Waals surface area contributed by atoms with Crippen LogP contribution in [0, 0.1) is 0 Å². The zero-order valence-electron chi connectivity index (χ0n) is 29.0. The van der Waals surface area contributed by atoms with E-state index in [-0.39, 0.29) is 17.3 Å². The third-order valence-electron chi connectivity index (χ3n) is 8.33. The predicted molar refractivity (Wildman–Crippen MR) is 207 cm³/mol. The Morgan fingerprint density at radius 3 is 2.28 bits per heavy atom. The van der Waals surface area contributed by atoms with Gasteiger partial charge in [0.15, 0.2) is 0 Å². The molecule has 2 N–H and O–H groups in total. The second kappa shape index (κ2) is 17.1. The van der Waals surface area contributed by atoms with Gasteiger partial charge in [0.2, 0.25) is 5.91 Å². The molecule has 53 heavy (non-hydrogen) atoms. The maximum Gasteiger partial charge on any atom is 0.265 e. The molecule has 11 nitrogen and oxygen atoms in total. The number of amides is 2. The number of carbonyl (C=O) groups is 2. The Bertz CT molecular complexity index is 2330. The minimum absolute atomic E-state index is 0.0653. The molecule has 0 atom stereocenters. The van der Waals surface area contributed by atoms with Crippen LogP contribution in [0.5, 0.6) is 5.75 Å². The molecule has 0 saturated heterocycles. The van der Waals surface area contributed by atoms with Gasteiger partial charge in [-0.25, -0.2) is 18.1 Å². The summed E-state index contributed by atoms with van der Waals surface area (Å²) < 4.78 is 36.0. The zero-order chi connectivity index (χ0) is 37.0. The van der Waals surface area contributed by atoms with Gasteiger partial charge < -0.3 is 14.2 Å². The maximum absolute atomic E-state index is 13.3. The van der Waals surface area contributed by atoms with E-state index in [2.05, 4.69) is 20.2 Å². The molecule has 6 aromatic rings. The summed E-state index contributed by atoms with van der Waals surface area (Å²) in [5, 5.41) is 4.83. The van der Waals surface area contributed by atoms with E-state index < -0.39 is 15.9 Å². The fourth-order valence-electron chi connectivity index (χ4n) is 5.44. The van der Waals surface area contributed by atoms with Crippen molar-refractivity contribution in [3.8, 4) is 5.75 Å². The van der Waals surface area contributed by atoms with Crippen LogP contribution in [0.1, 0.15) is 22.3 Å². The highest BCUT2D eigenvalue weighted by molar-refractivity contribution is 7.90. The second-order valence-electron chi connectivity index (χ2n) is 12.2. The van der Waals surface area contributed by atoms with E-state index in [1.54, 1.807) is 24.4 Å². The Kier molecular flexibility index (Phi) is 11.7.